The molecule has 7 nitrogen and oxygen atoms in total. The Morgan fingerprint density at radius 3 is 1.07 bits per heavy atom. The van der Waals surface area contributed by atoms with Crippen LogP contribution in [0.1, 0.15) is 20.7 Å². The molecule has 0 aliphatic carbocycles. The van der Waals surface area contributed by atoms with Crippen molar-refractivity contribution in [2.24, 2.45) is 0 Å². The van der Waals surface area contributed by atoms with Crippen molar-refractivity contribution in [3.8, 4) is 23.0 Å². The number of carbonyl (C=O) groups excluding carboxylic acids is 2. The predicted octanol–water partition coefficient (Wildman–Crippen LogP) is 6.45. The zero-order valence-electron chi connectivity index (χ0n) is 19.7. The van der Waals surface area contributed by atoms with E-state index < -0.39 is 97.2 Å². The highest BCUT2D eigenvalue weighted by atomic mass is 19.4. The average Bonchev–Trinajstić information content (AvgIpc) is 2.82. The van der Waals surface area contributed by atoms with Gasteiger partial charge in [0.1, 0.15) is 34.1 Å². The van der Waals surface area contributed by atoms with Gasteiger partial charge in [-0.3, -0.25) is 0 Å². The lowest BCUT2D eigenvalue weighted by Gasteiger charge is -2.16. The van der Waals surface area contributed by atoms with Gasteiger partial charge >= 0.3 is 36.6 Å². The summed E-state index contributed by atoms with van der Waals surface area (Å²) < 4.78 is 172. The second-order valence-corrected chi connectivity index (χ2v) is 7.61. The molecule has 0 atom stereocenters. The Hall–Kier alpha value is -4.06. The smallest absolute Gasteiger partial charge is 0.422 e. The van der Waals surface area contributed by atoms with Crippen molar-refractivity contribution < 1.29 is 86.0 Å². The fourth-order valence-electron chi connectivity index (χ4n) is 2.61. The minimum Gasteiger partial charge on any atom is -0.484 e. The maximum absolute atomic E-state index is 12.6. The van der Waals surface area contributed by atoms with Gasteiger partial charge in [-0.25, -0.2) is 9.59 Å². The molecule has 0 unspecified atom stereocenters. The van der Waals surface area contributed by atoms with Gasteiger partial charge in [0, 0.05) is 0 Å². The van der Waals surface area contributed by atoms with Crippen LogP contribution in [0.4, 0.5) is 52.7 Å². The second kappa shape index (κ2) is 12.6. The summed E-state index contributed by atoms with van der Waals surface area (Å²) in [7, 11) is 0. The molecular formula is C22H14F12O7. The van der Waals surface area contributed by atoms with E-state index in [4.69, 9.17) is 0 Å². The summed E-state index contributed by atoms with van der Waals surface area (Å²) in [5, 5.41) is 0. The molecule has 0 aromatic heterocycles. The van der Waals surface area contributed by atoms with Gasteiger partial charge in [0.15, 0.2) is 26.4 Å². The highest BCUT2D eigenvalue weighted by molar-refractivity contribution is 6.05. The second-order valence-electron chi connectivity index (χ2n) is 7.61. The summed E-state index contributed by atoms with van der Waals surface area (Å²) in [6.45, 7) is -7.85. The number of carbonyl (C=O) groups is 2. The van der Waals surface area contributed by atoms with Crippen LogP contribution in [0.5, 0.6) is 23.0 Å². The summed E-state index contributed by atoms with van der Waals surface area (Å²) in [5.74, 6) is -7.22. The largest absolute Gasteiger partial charge is 0.484 e. The molecule has 0 saturated carbocycles. The van der Waals surface area contributed by atoms with Crippen molar-refractivity contribution in [3.63, 3.8) is 0 Å². The van der Waals surface area contributed by atoms with Crippen LogP contribution < -0.4 is 18.9 Å². The molecule has 19 heteroatoms. The van der Waals surface area contributed by atoms with E-state index in [1.54, 1.807) is 0 Å². The maximum atomic E-state index is 12.6. The number of hydrogen-bond acceptors (Lipinski definition) is 7. The van der Waals surface area contributed by atoms with Crippen molar-refractivity contribution in [1.82, 2.24) is 0 Å². The lowest BCUT2D eigenvalue weighted by molar-refractivity contribution is -0.154. The zero-order valence-corrected chi connectivity index (χ0v) is 19.7. The Bertz CT molecular complexity index is 1120. The van der Waals surface area contributed by atoms with E-state index in [-0.39, 0.29) is 0 Å². The normalized spacial score (nSPS) is 12.5. The molecular weight excluding hydrogens is 604 g/mol. The van der Waals surface area contributed by atoms with Gasteiger partial charge in [-0.1, -0.05) is 0 Å². The molecule has 0 amide bonds. The summed E-state index contributed by atoms with van der Waals surface area (Å²) in [6, 6.07) is 3.33. The Morgan fingerprint density at radius 2 is 0.780 bits per heavy atom. The maximum Gasteiger partial charge on any atom is 0.422 e. The number of halogens is 12. The van der Waals surface area contributed by atoms with Crippen molar-refractivity contribution >= 4 is 11.9 Å². The average molecular weight is 618 g/mol. The van der Waals surface area contributed by atoms with Crippen molar-refractivity contribution in [3.05, 3.63) is 47.5 Å². The lowest BCUT2D eigenvalue weighted by Crippen LogP contribution is -2.23. The van der Waals surface area contributed by atoms with E-state index in [1.807, 2.05) is 0 Å². The third-order valence-electron chi connectivity index (χ3n) is 4.11. The van der Waals surface area contributed by atoms with Crippen molar-refractivity contribution in [1.29, 1.82) is 0 Å². The Balaban J connectivity index is 2.40. The molecule has 2 rings (SSSR count). The van der Waals surface area contributed by atoms with Crippen LogP contribution >= 0.6 is 0 Å². The number of hydrogen-bond donors (Lipinski definition) is 0. The van der Waals surface area contributed by atoms with Crippen LogP contribution in [0.25, 0.3) is 0 Å². The first kappa shape index (κ1) is 33.1. The molecule has 41 heavy (non-hydrogen) atoms. The summed E-state index contributed by atoms with van der Waals surface area (Å²) in [6.07, 6.45) is -19.7. The predicted molar refractivity (Wildman–Crippen MR) is 109 cm³/mol. The first-order valence-electron chi connectivity index (χ1n) is 10.4. The molecule has 0 saturated heterocycles. The standard InChI is InChI=1S/C22H14F12O7/c23-19(24,25)7-37-11-1-3-15(39-9-21(29,30)31)13(5-11)17(35)41-18(36)14-6-12(38-8-20(26,27)28)2-4-16(14)40-10-22(32,33)34/h1-6H,7-10H2. The van der Waals surface area contributed by atoms with E-state index in [1.165, 1.54) is 0 Å². The van der Waals surface area contributed by atoms with Gasteiger partial charge in [0.2, 0.25) is 0 Å². The molecule has 0 bridgehead atoms. The molecule has 0 aliphatic rings. The van der Waals surface area contributed by atoms with E-state index in [0.29, 0.717) is 36.4 Å². The molecule has 228 valence electrons. The third-order valence-corrected chi connectivity index (χ3v) is 4.11. The number of ether oxygens (including phenoxy) is 5. The lowest BCUT2D eigenvalue weighted by atomic mass is 10.1. The number of rotatable bonds is 10. The monoisotopic (exact) mass is 618 g/mol. The molecule has 0 spiro atoms. The van der Waals surface area contributed by atoms with E-state index in [2.05, 4.69) is 23.7 Å². The Kier molecular flexibility index (Phi) is 10.2. The van der Waals surface area contributed by atoms with E-state index in [9.17, 15) is 62.3 Å². The molecule has 0 radical (unpaired) electrons. The van der Waals surface area contributed by atoms with Crippen LogP contribution in [-0.4, -0.2) is 63.1 Å². The van der Waals surface area contributed by atoms with Gasteiger partial charge in [0.25, 0.3) is 0 Å². The first-order valence-corrected chi connectivity index (χ1v) is 10.4. The van der Waals surface area contributed by atoms with Crippen LogP contribution in [-0.2, 0) is 4.74 Å². The molecule has 0 aliphatic heterocycles. The van der Waals surface area contributed by atoms with Gasteiger partial charge in [-0.15, -0.1) is 0 Å². The minimum atomic E-state index is -4.97. The molecule has 2 aromatic carbocycles. The van der Waals surface area contributed by atoms with Gasteiger partial charge < -0.3 is 23.7 Å². The molecule has 0 fully saturated rings. The van der Waals surface area contributed by atoms with Gasteiger partial charge in [-0.2, -0.15) is 52.7 Å². The Labute approximate surface area is 220 Å². The summed E-state index contributed by atoms with van der Waals surface area (Å²) >= 11 is 0. The van der Waals surface area contributed by atoms with Crippen LogP contribution in [0.15, 0.2) is 36.4 Å². The van der Waals surface area contributed by atoms with Crippen LogP contribution in [0.2, 0.25) is 0 Å². The highest BCUT2D eigenvalue weighted by Crippen LogP contribution is 2.31. The van der Waals surface area contributed by atoms with Crippen LogP contribution in [0, 0.1) is 0 Å². The summed E-state index contributed by atoms with van der Waals surface area (Å²) in [5.41, 5.74) is -2.19. The summed E-state index contributed by atoms with van der Waals surface area (Å²) in [4.78, 5) is 25.2. The third kappa shape index (κ3) is 12.3. The van der Waals surface area contributed by atoms with Crippen molar-refractivity contribution in [2.75, 3.05) is 26.4 Å². The Morgan fingerprint density at radius 1 is 0.488 bits per heavy atom. The zero-order chi connectivity index (χ0) is 31.2. The van der Waals surface area contributed by atoms with Gasteiger partial charge in [-0.05, 0) is 36.4 Å². The number of benzene rings is 2. The quantitative estimate of drug-likeness (QED) is 0.172. The number of esters is 2. The fraction of sp³-hybridized carbons (Fsp3) is 0.364. The molecule has 2 aromatic rings. The first-order chi connectivity index (χ1) is 18.6. The van der Waals surface area contributed by atoms with Crippen LogP contribution in [0.3, 0.4) is 0 Å². The SMILES string of the molecule is O=C(OC(=O)c1cc(OCC(F)(F)F)ccc1OCC(F)(F)F)c1cc(OCC(F)(F)F)ccc1OCC(F)(F)F. The van der Waals surface area contributed by atoms with E-state index >= 15 is 0 Å². The molecule has 0 heterocycles. The fourth-order valence-corrected chi connectivity index (χ4v) is 2.61. The molecule has 0 N–H and O–H groups in total. The van der Waals surface area contributed by atoms with Gasteiger partial charge in [0.05, 0.1) is 0 Å². The minimum absolute atomic E-state index is 0.414. The van der Waals surface area contributed by atoms with E-state index in [0.717, 1.165) is 0 Å². The number of alkyl halides is 12. The highest BCUT2D eigenvalue weighted by Gasteiger charge is 2.33. The topological polar surface area (TPSA) is 80.3 Å². The van der Waals surface area contributed by atoms with Crippen molar-refractivity contribution in [2.45, 2.75) is 24.7 Å².